The van der Waals surface area contributed by atoms with Gasteiger partial charge in [0.25, 0.3) is 0 Å². The molecule has 34 heavy (non-hydrogen) atoms. The standard InChI is InChI=1S/C24H23F3N2O4S/c1-14-11-17(22-28-23(29-34-22)24(25,26)27)5-8-20(14)33-10-2-9-32-18-6-7-19-15(12-18)3-4-16(19)13-21(30)31/h5-8,11-12,16H,2-4,9-10,13H2,1H3,(H,30,31)/t16-/m0/s1. The number of carboxylic acids is 1. The Morgan fingerprint density at radius 2 is 1.97 bits per heavy atom. The number of fused-ring (bicyclic) bond motifs is 1. The highest BCUT2D eigenvalue weighted by molar-refractivity contribution is 7.09. The van der Waals surface area contributed by atoms with E-state index in [1.807, 2.05) is 25.1 Å². The molecule has 1 aliphatic rings. The molecule has 4 rings (SSSR count). The van der Waals surface area contributed by atoms with Crippen molar-refractivity contribution in [2.24, 2.45) is 0 Å². The average Bonchev–Trinajstić information content (AvgIpc) is 3.42. The van der Waals surface area contributed by atoms with Crippen LogP contribution in [0.15, 0.2) is 36.4 Å². The molecule has 180 valence electrons. The highest BCUT2D eigenvalue weighted by Crippen LogP contribution is 2.37. The van der Waals surface area contributed by atoms with Crippen LogP contribution >= 0.6 is 11.5 Å². The molecule has 1 atom stereocenters. The van der Waals surface area contributed by atoms with Gasteiger partial charge in [-0.25, -0.2) is 4.98 Å². The zero-order valence-electron chi connectivity index (χ0n) is 18.4. The molecule has 0 saturated carbocycles. The lowest BCUT2D eigenvalue weighted by molar-refractivity contribution is -0.144. The number of benzene rings is 2. The molecule has 1 aliphatic carbocycles. The maximum atomic E-state index is 12.7. The van der Waals surface area contributed by atoms with Gasteiger partial charge in [0.05, 0.1) is 19.6 Å². The summed E-state index contributed by atoms with van der Waals surface area (Å²) in [6.07, 6.45) is -2.06. The van der Waals surface area contributed by atoms with Crippen LogP contribution in [0.2, 0.25) is 0 Å². The van der Waals surface area contributed by atoms with Crippen LogP contribution < -0.4 is 9.47 Å². The minimum Gasteiger partial charge on any atom is -0.493 e. The van der Waals surface area contributed by atoms with Crippen molar-refractivity contribution in [3.05, 3.63) is 58.9 Å². The lowest BCUT2D eigenvalue weighted by Gasteiger charge is -2.12. The van der Waals surface area contributed by atoms with E-state index in [4.69, 9.17) is 14.6 Å². The van der Waals surface area contributed by atoms with E-state index < -0.39 is 18.0 Å². The van der Waals surface area contributed by atoms with E-state index in [0.717, 1.165) is 35.3 Å². The Morgan fingerprint density at radius 1 is 1.18 bits per heavy atom. The molecule has 3 aromatic rings. The Labute approximate surface area is 198 Å². The monoisotopic (exact) mass is 492 g/mol. The highest BCUT2D eigenvalue weighted by atomic mass is 32.1. The van der Waals surface area contributed by atoms with Gasteiger partial charge in [-0.15, -0.1) is 0 Å². The predicted molar refractivity (Wildman–Crippen MR) is 120 cm³/mol. The number of aromatic nitrogens is 2. The van der Waals surface area contributed by atoms with E-state index in [2.05, 4.69) is 9.36 Å². The Bertz CT molecular complexity index is 1180. The summed E-state index contributed by atoms with van der Waals surface area (Å²) in [5, 5.41) is 9.24. The fourth-order valence-corrected chi connectivity index (χ4v) is 4.70. The van der Waals surface area contributed by atoms with Crippen LogP contribution in [0.25, 0.3) is 10.6 Å². The summed E-state index contributed by atoms with van der Waals surface area (Å²) in [7, 11) is 0. The van der Waals surface area contributed by atoms with Crippen molar-refractivity contribution >= 4 is 17.5 Å². The van der Waals surface area contributed by atoms with Crippen molar-refractivity contribution in [2.75, 3.05) is 13.2 Å². The number of rotatable bonds is 9. The number of hydrogen-bond donors (Lipinski definition) is 1. The Morgan fingerprint density at radius 3 is 2.68 bits per heavy atom. The third-order valence-electron chi connectivity index (χ3n) is 5.65. The molecule has 0 saturated heterocycles. The first-order valence-corrected chi connectivity index (χ1v) is 11.6. The van der Waals surface area contributed by atoms with Crippen LogP contribution in [0.1, 0.15) is 47.7 Å². The zero-order valence-corrected chi connectivity index (χ0v) is 19.2. The largest absolute Gasteiger partial charge is 0.493 e. The SMILES string of the molecule is Cc1cc(-c2nc(C(F)(F)F)ns2)ccc1OCCCOc1ccc2c(c1)CC[C@H]2CC(=O)O. The fraction of sp³-hybridized carbons (Fsp3) is 0.375. The summed E-state index contributed by atoms with van der Waals surface area (Å²) in [5.41, 5.74) is 3.59. The topological polar surface area (TPSA) is 81.5 Å². The second kappa shape index (κ2) is 10.0. The molecule has 0 spiro atoms. The first-order chi connectivity index (χ1) is 16.2. The normalized spacial score (nSPS) is 15.2. The second-order valence-corrected chi connectivity index (χ2v) is 8.90. The summed E-state index contributed by atoms with van der Waals surface area (Å²) in [5.74, 6) is -0.437. The van der Waals surface area contributed by atoms with E-state index in [-0.39, 0.29) is 17.3 Å². The number of nitrogens with zero attached hydrogens (tertiary/aromatic N) is 2. The molecule has 0 fully saturated rings. The number of ether oxygens (including phenoxy) is 2. The molecule has 10 heteroatoms. The van der Waals surface area contributed by atoms with Gasteiger partial charge in [-0.2, -0.15) is 17.5 Å². The molecular formula is C24H23F3N2O4S. The molecule has 0 amide bonds. The third kappa shape index (κ3) is 5.67. The van der Waals surface area contributed by atoms with Crippen molar-refractivity contribution in [3.63, 3.8) is 0 Å². The Hall–Kier alpha value is -3.14. The van der Waals surface area contributed by atoms with E-state index in [0.29, 0.717) is 42.5 Å². The maximum Gasteiger partial charge on any atom is 0.452 e. The molecule has 0 unspecified atom stereocenters. The fourth-order valence-electron chi connectivity index (χ4n) is 4.03. The summed E-state index contributed by atoms with van der Waals surface area (Å²) < 4.78 is 53.2. The highest BCUT2D eigenvalue weighted by Gasteiger charge is 2.36. The molecule has 1 aromatic heterocycles. The van der Waals surface area contributed by atoms with Crippen LogP contribution in [-0.4, -0.2) is 33.6 Å². The van der Waals surface area contributed by atoms with Crippen LogP contribution in [0.5, 0.6) is 11.5 Å². The van der Waals surface area contributed by atoms with Gasteiger partial charge in [0, 0.05) is 12.0 Å². The lowest BCUT2D eigenvalue weighted by Crippen LogP contribution is -2.07. The Balaban J connectivity index is 1.25. The van der Waals surface area contributed by atoms with Gasteiger partial charge < -0.3 is 14.6 Å². The molecule has 0 aliphatic heterocycles. The molecule has 0 bridgehead atoms. The molecular weight excluding hydrogens is 469 g/mol. The van der Waals surface area contributed by atoms with Gasteiger partial charge in [-0.05, 0) is 84.2 Å². The number of aryl methyl sites for hydroxylation is 2. The van der Waals surface area contributed by atoms with E-state index in [1.165, 1.54) is 0 Å². The third-order valence-corrected chi connectivity index (χ3v) is 6.42. The summed E-state index contributed by atoms with van der Waals surface area (Å²) in [6, 6.07) is 10.9. The van der Waals surface area contributed by atoms with Crippen molar-refractivity contribution in [1.29, 1.82) is 0 Å². The number of carbonyl (C=O) groups is 1. The molecule has 1 heterocycles. The van der Waals surface area contributed by atoms with E-state index >= 15 is 0 Å². The first kappa shape index (κ1) is 24.0. The van der Waals surface area contributed by atoms with E-state index in [9.17, 15) is 18.0 Å². The number of hydrogen-bond acceptors (Lipinski definition) is 6. The number of carboxylic acid groups (broad SMARTS) is 1. The van der Waals surface area contributed by atoms with Gasteiger partial charge in [0.1, 0.15) is 16.5 Å². The van der Waals surface area contributed by atoms with Crippen LogP contribution in [0, 0.1) is 6.92 Å². The Kier molecular flexibility index (Phi) is 7.06. The van der Waals surface area contributed by atoms with Gasteiger partial charge in [-0.3, -0.25) is 4.79 Å². The predicted octanol–water partition coefficient (Wildman–Crippen LogP) is 5.88. The number of alkyl halides is 3. The van der Waals surface area contributed by atoms with Crippen molar-refractivity contribution < 1.29 is 32.5 Å². The van der Waals surface area contributed by atoms with Gasteiger partial charge in [0.15, 0.2) is 0 Å². The zero-order chi connectivity index (χ0) is 24.3. The van der Waals surface area contributed by atoms with Gasteiger partial charge in [-0.1, -0.05) is 6.07 Å². The lowest BCUT2D eigenvalue weighted by atomic mass is 9.98. The minimum absolute atomic E-state index is 0.0723. The molecule has 0 radical (unpaired) electrons. The van der Waals surface area contributed by atoms with Crippen molar-refractivity contribution in [2.45, 2.75) is 44.7 Å². The first-order valence-electron chi connectivity index (χ1n) is 10.8. The van der Waals surface area contributed by atoms with Crippen LogP contribution in [-0.2, 0) is 17.4 Å². The minimum atomic E-state index is -4.56. The maximum absolute atomic E-state index is 12.7. The average molecular weight is 493 g/mol. The molecule has 2 aromatic carbocycles. The van der Waals surface area contributed by atoms with E-state index in [1.54, 1.807) is 18.2 Å². The van der Waals surface area contributed by atoms with Crippen molar-refractivity contribution in [3.8, 4) is 22.1 Å². The summed E-state index contributed by atoms with van der Waals surface area (Å²) in [6.45, 7) is 2.70. The van der Waals surface area contributed by atoms with Crippen molar-refractivity contribution in [1.82, 2.24) is 9.36 Å². The summed E-state index contributed by atoms with van der Waals surface area (Å²) >= 11 is 0.712. The second-order valence-electron chi connectivity index (χ2n) is 8.15. The number of halogens is 3. The molecule has 6 nitrogen and oxygen atoms in total. The van der Waals surface area contributed by atoms with Crippen LogP contribution in [0.4, 0.5) is 13.2 Å². The van der Waals surface area contributed by atoms with Gasteiger partial charge >= 0.3 is 12.1 Å². The molecule has 1 N–H and O–H groups in total. The van der Waals surface area contributed by atoms with Gasteiger partial charge in [0.2, 0.25) is 5.82 Å². The summed E-state index contributed by atoms with van der Waals surface area (Å²) in [4.78, 5) is 14.6. The quantitative estimate of drug-likeness (QED) is 0.376. The number of aliphatic carboxylic acids is 1. The smallest absolute Gasteiger partial charge is 0.452 e. The van der Waals surface area contributed by atoms with Crippen LogP contribution in [0.3, 0.4) is 0 Å².